The minimum absolute atomic E-state index is 0.107. The van der Waals surface area contributed by atoms with Crippen molar-refractivity contribution in [2.45, 2.75) is 26.3 Å². The Labute approximate surface area is 83.1 Å². The van der Waals surface area contributed by atoms with Crippen molar-refractivity contribution in [3.8, 4) is 5.75 Å². The minimum atomic E-state index is -0.488. The molecule has 5 nitrogen and oxygen atoms in total. The summed E-state index contributed by atoms with van der Waals surface area (Å²) >= 11 is 0. The molecule has 1 amide bonds. The van der Waals surface area contributed by atoms with Gasteiger partial charge < -0.3 is 10.1 Å². The number of hydrogen-bond donors (Lipinski definition) is 1. The van der Waals surface area contributed by atoms with E-state index in [0.29, 0.717) is 5.75 Å². The second-order valence-corrected chi connectivity index (χ2v) is 3.93. The van der Waals surface area contributed by atoms with Crippen LogP contribution in [0.15, 0.2) is 12.4 Å². The lowest BCUT2D eigenvalue weighted by atomic mass is 10.1. The van der Waals surface area contributed by atoms with Gasteiger partial charge in [-0.05, 0) is 20.8 Å². The standard InChI is InChI=1S/C9H15N3O2/c1-9(2,3)12-6-7(5-11-12)14-8(13)10-4/h5-6H,1-4H3,(H,10,13). The molecule has 0 saturated carbocycles. The highest BCUT2D eigenvalue weighted by Gasteiger charge is 2.15. The fourth-order valence-electron chi connectivity index (χ4n) is 0.884. The molecule has 0 aromatic carbocycles. The van der Waals surface area contributed by atoms with Crippen molar-refractivity contribution in [3.05, 3.63) is 12.4 Å². The normalized spacial score (nSPS) is 11.1. The number of ether oxygens (including phenoxy) is 1. The molecule has 78 valence electrons. The zero-order valence-electron chi connectivity index (χ0n) is 8.87. The first kappa shape index (κ1) is 10.6. The predicted octanol–water partition coefficient (Wildman–Crippen LogP) is 1.36. The van der Waals surface area contributed by atoms with E-state index in [0.717, 1.165) is 0 Å². The van der Waals surface area contributed by atoms with E-state index in [2.05, 4.69) is 10.4 Å². The van der Waals surface area contributed by atoms with Crippen molar-refractivity contribution in [2.24, 2.45) is 0 Å². The monoisotopic (exact) mass is 197 g/mol. The van der Waals surface area contributed by atoms with E-state index >= 15 is 0 Å². The van der Waals surface area contributed by atoms with E-state index in [4.69, 9.17) is 4.74 Å². The van der Waals surface area contributed by atoms with Crippen LogP contribution in [-0.4, -0.2) is 22.9 Å². The summed E-state index contributed by atoms with van der Waals surface area (Å²) < 4.78 is 6.65. The summed E-state index contributed by atoms with van der Waals surface area (Å²) in [5.74, 6) is 0.444. The largest absolute Gasteiger partial charge is 0.412 e. The Morgan fingerprint density at radius 2 is 2.21 bits per heavy atom. The highest BCUT2D eigenvalue weighted by Crippen LogP contribution is 2.17. The minimum Gasteiger partial charge on any atom is -0.407 e. The molecule has 0 aliphatic heterocycles. The highest BCUT2D eigenvalue weighted by molar-refractivity contribution is 5.69. The van der Waals surface area contributed by atoms with E-state index in [9.17, 15) is 4.79 Å². The zero-order valence-corrected chi connectivity index (χ0v) is 8.87. The van der Waals surface area contributed by atoms with Gasteiger partial charge in [0.2, 0.25) is 0 Å². The molecule has 0 aliphatic rings. The first-order valence-electron chi connectivity index (χ1n) is 4.38. The number of rotatable bonds is 1. The van der Waals surface area contributed by atoms with Gasteiger partial charge >= 0.3 is 6.09 Å². The lowest BCUT2D eigenvalue weighted by Crippen LogP contribution is -2.23. The van der Waals surface area contributed by atoms with Crippen LogP contribution in [0, 0.1) is 0 Å². The first-order chi connectivity index (χ1) is 6.43. The van der Waals surface area contributed by atoms with Crippen molar-refractivity contribution < 1.29 is 9.53 Å². The topological polar surface area (TPSA) is 56.1 Å². The summed E-state index contributed by atoms with van der Waals surface area (Å²) in [5, 5.41) is 6.45. The number of nitrogens with one attached hydrogen (secondary N) is 1. The molecule has 0 radical (unpaired) electrons. The van der Waals surface area contributed by atoms with Gasteiger partial charge in [0.25, 0.3) is 0 Å². The number of aromatic nitrogens is 2. The third-order valence-corrected chi connectivity index (χ3v) is 1.66. The number of nitrogens with zero attached hydrogens (tertiary/aromatic N) is 2. The van der Waals surface area contributed by atoms with Crippen molar-refractivity contribution >= 4 is 6.09 Å². The molecule has 0 bridgehead atoms. The predicted molar refractivity (Wildman–Crippen MR) is 52.3 cm³/mol. The van der Waals surface area contributed by atoms with Crippen molar-refractivity contribution in [2.75, 3.05) is 7.05 Å². The Morgan fingerprint density at radius 1 is 1.57 bits per heavy atom. The molecule has 0 unspecified atom stereocenters. The SMILES string of the molecule is CNC(=O)Oc1cnn(C(C)(C)C)c1. The molecule has 1 heterocycles. The molecule has 0 atom stereocenters. The van der Waals surface area contributed by atoms with Crippen LogP contribution >= 0.6 is 0 Å². The van der Waals surface area contributed by atoms with Crippen LogP contribution in [0.25, 0.3) is 0 Å². The summed E-state index contributed by atoms with van der Waals surface area (Å²) in [6.45, 7) is 6.05. The second kappa shape index (κ2) is 3.69. The summed E-state index contributed by atoms with van der Waals surface area (Å²) in [4.78, 5) is 10.9. The van der Waals surface area contributed by atoms with Gasteiger partial charge in [0.15, 0.2) is 5.75 Å². The fourth-order valence-corrected chi connectivity index (χ4v) is 0.884. The number of amides is 1. The van der Waals surface area contributed by atoms with Gasteiger partial charge in [0.1, 0.15) is 0 Å². The van der Waals surface area contributed by atoms with Gasteiger partial charge in [-0.3, -0.25) is 4.68 Å². The molecule has 1 N–H and O–H groups in total. The average molecular weight is 197 g/mol. The second-order valence-electron chi connectivity index (χ2n) is 3.93. The van der Waals surface area contributed by atoms with Gasteiger partial charge in [-0.1, -0.05) is 0 Å². The molecule has 1 aromatic heterocycles. The van der Waals surface area contributed by atoms with Gasteiger partial charge in [-0.25, -0.2) is 4.79 Å². The van der Waals surface area contributed by atoms with Crippen LogP contribution in [0.1, 0.15) is 20.8 Å². The Balaban J connectivity index is 2.74. The van der Waals surface area contributed by atoms with E-state index < -0.39 is 6.09 Å². The van der Waals surface area contributed by atoms with Crippen molar-refractivity contribution in [3.63, 3.8) is 0 Å². The van der Waals surface area contributed by atoms with E-state index in [1.54, 1.807) is 10.9 Å². The Kier molecular flexibility index (Phi) is 2.78. The quantitative estimate of drug-likeness (QED) is 0.739. The third-order valence-electron chi connectivity index (χ3n) is 1.66. The Morgan fingerprint density at radius 3 is 2.64 bits per heavy atom. The van der Waals surface area contributed by atoms with Crippen LogP contribution in [-0.2, 0) is 5.54 Å². The Bertz CT molecular complexity index is 325. The molecule has 1 aromatic rings. The molecule has 0 fully saturated rings. The van der Waals surface area contributed by atoms with Crippen LogP contribution in [0.4, 0.5) is 4.79 Å². The maximum Gasteiger partial charge on any atom is 0.412 e. The zero-order chi connectivity index (χ0) is 10.8. The Hall–Kier alpha value is -1.52. The van der Waals surface area contributed by atoms with Crippen LogP contribution < -0.4 is 10.1 Å². The lowest BCUT2D eigenvalue weighted by Gasteiger charge is -2.18. The summed E-state index contributed by atoms with van der Waals surface area (Å²) in [5.41, 5.74) is -0.107. The molecular formula is C9H15N3O2. The van der Waals surface area contributed by atoms with E-state index in [1.165, 1.54) is 13.2 Å². The lowest BCUT2D eigenvalue weighted by molar-refractivity contribution is 0.202. The summed E-state index contributed by atoms with van der Waals surface area (Å²) in [7, 11) is 1.51. The molecule has 1 rings (SSSR count). The maximum atomic E-state index is 10.9. The number of hydrogen-bond acceptors (Lipinski definition) is 3. The number of carbonyl (C=O) groups is 1. The first-order valence-corrected chi connectivity index (χ1v) is 4.38. The van der Waals surface area contributed by atoms with Crippen molar-refractivity contribution in [1.82, 2.24) is 15.1 Å². The molecular weight excluding hydrogens is 182 g/mol. The van der Waals surface area contributed by atoms with Crippen LogP contribution in [0.3, 0.4) is 0 Å². The molecule has 14 heavy (non-hydrogen) atoms. The van der Waals surface area contributed by atoms with Gasteiger partial charge in [-0.2, -0.15) is 5.10 Å². The van der Waals surface area contributed by atoms with Gasteiger partial charge in [-0.15, -0.1) is 0 Å². The molecule has 0 spiro atoms. The molecule has 5 heteroatoms. The van der Waals surface area contributed by atoms with Gasteiger partial charge in [0, 0.05) is 7.05 Å². The molecule has 0 saturated heterocycles. The van der Waals surface area contributed by atoms with E-state index in [-0.39, 0.29) is 5.54 Å². The number of carbonyl (C=O) groups excluding carboxylic acids is 1. The highest BCUT2D eigenvalue weighted by atomic mass is 16.6. The van der Waals surface area contributed by atoms with Crippen LogP contribution in [0.2, 0.25) is 0 Å². The van der Waals surface area contributed by atoms with Crippen molar-refractivity contribution in [1.29, 1.82) is 0 Å². The van der Waals surface area contributed by atoms with Crippen LogP contribution in [0.5, 0.6) is 5.75 Å². The molecule has 0 aliphatic carbocycles. The maximum absolute atomic E-state index is 10.9. The summed E-state index contributed by atoms with van der Waals surface area (Å²) in [6.07, 6.45) is 2.72. The smallest absolute Gasteiger partial charge is 0.407 e. The average Bonchev–Trinajstić information content (AvgIpc) is 2.51. The van der Waals surface area contributed by atoms with E-state index in [1.807, 2.05) is 20.8 Å². The van der Waals surface area contributed by atoms with Gasteiger partial charge in [0.05, 0.1) is 17.9 Å². The summed E-state index contributed by atoms with van der Waals surface area (Å²) in [6, 6.07) is 0. The fraction of sp³-hybridized carbons (Fsp3) is 0.556. The third kappa shape index (κ3) is 2.48.